The van der Waals surface area contributed by atoms with Crippen LogP contribution in [0.2, 0.25) is 0 Å². The maximum atomic E-state index is 11.7. The van der Waals surface area contributed by atoms with Crippen LogP contribution in [0.15, 0.2) is 12.2 Å². The van der Waals surface area contributed by atoms with Crippen LogP contribution in [0.25, 0.3) is 0 Å². The smallest absolute Gasteiger partial charge is 0.248 e. The van der Waals surface area contributed by atoms with Crippen molar-refractivity contribution in [2.75, 3.05) is 7.11 Å². The predicted molar refractivity (Wildman–Crippen MR) is 52.1 cm³/mol. The highest BCUT2D eigenvalue weighted by Crippen LogP contribution is 2.47. The van der Waals surface area contributed by atoms with Gasteiger partial charge in [0.15, 0.2) is 0 Å². The fourth-order valence-electron chi connectivity index (χ4n) is 2.74. The number of fused-ring (bicyclic) bond motifs is 2. The molecule has 5 heteroatoms. The Kier molecular flexibility index (Phi) is 2.48. The van der Waals surface area contributed by atoms with E-state index in [1.54, 1.807) is 0 Å². The van der Waals surface area contributed by atoms with Gasteiger partial charge < -0.3 is 5.73 Å². The molecule has 15 heavy (non-hydrogen) atoms. The zero-order valence-electron chi connectivity index (χ0n) is 8.47. The van der Waals surface area contributed by atoms with Gasteiger partial charge in [0.05, 0.1) is 18.9 Å². The Morgan fingerprint density at radius 1 is 1.33 bits per heavy atom. The minimum Gasteiger partial charge on any atom is -0.369 e. The van der Waals surface area contributed by atoms with Crippen molar-refractivity contribution in [3.63, 3.8) is 0 Å². The number of allylic oxidation sites excluding steroid dienone is 2. The molecule has 4 unspecified atom stereocenters. The summed E-state index contributed by atoms with van der Waals surface area (Å²) in [5, 5.41) is 0. The van der Waals surface area contributed by atoms with Gasteiger partial charge in [-0.05, 0) is 18.3 Å². The average Bonchev–Trinajstić information content (AvgIpc) is 2.76. The van der Waals surface area contributed by atoms with Crippen molar-refractivity contribution in [1.29, 1.82) is 0 Å². The lowest BCUT2D eigenvalue weighted by atomic mass is 9.82. The molecule has 0 radical (unpaired) electrons. The highest BCUT2D eigenvalue weighted by Gasteiger charge is 2.50. The van der Waals surface area contributed by atoms with Crippen LogP contribution in [0.3, 0.4) is 0 Å². The van der Waals surface area contributed by atoms with Gasteiger partial charge in [-0.3, -0.25) is 14.4 Å². The number of rotatable bonds is 3. The predicted octanol–water partition coefficient (Wildman–Crippen LogP) is -0.412. The van der Waals surface area contributed by atoms with E-state index in [-0.39, 0.29) is 29.6 Å². The summed E-state index contributed by atoms with van der Waals surface area (Å²) in [5.41, 5.74) is 7.59. The quantitative estimate of drug-likeness (QED) is 0.490. The third kappa shape index (κ3) is 1.52. The van der Waals surface area contributed by atoms with Crippen LogP contribution in [-0.2, 0) is 14.4 Å². The van der Waals surface area contributed by atoms with Gasteiger partial charge in [-0.1, -0.05) is 12.2 Å². The van der Waals surface area contributed by atoms with Crippen molar-refractivity contribution in [2.45, 2.75) is 6.42 Å². The third-order valence-corrected chi connectivity index (χ3v) is 3.29. The first kappa shape index (κ1) is 10.2. The second-order valence-corrected chi connectivity index (χ2v) is 4.07. The van der Waals surface area contributed by atoms with E-state index in [9.17, 15) is 9.59 Å². The highest BCUT2D eigenvalue weighted by molar-refractivity contribution is 5.88. The van der Waals surface area contributed by atoms with Crippen molar-refractivity contribution >= 4 is 11.8 Å². The van der Waals surface area contributed by atoms with E-state index in [0.29, 0.717) is 0 Å². The SMILES string of the molecule is CONC(=O)C1C2C=CC(C2)C1C(N)=O. The molecule has 82 valence electrons. The van der Waals surface area contributed by atoms with Crippen LogP contribution >= 0.6 is 0 Å². The molecule has 0 aromatic heterocycles. The molecule has 2 aliphatic rings. The van der Waals surface area contributed by atoms with Crippen LogP contribution in [0.1, 0.15) is 6.42 Å². The number of carbonyl (C=O) groups is 2. The van der Waals surface area contributed by atoms with Crippen LogP contribution < -0.4 is 11.2 Å². The molecule has 0 aromatic rings. The lowest BCUT2D eigenvalue weighted by Gasteiger charge is -2.23. The third-order valence-electron chi connectivity index (χ3n) is 3.29. The molecule has 0 heterocycles. The molecule has 0 spiro atoms. The average molecular weight is 210 g/mol. The number of nitrogens with one attached hydrogen (secondary N) is 1. The van der Waals surface area contributed by atoms with Gasteiger partial charge in [-0.2, -0.15) is 0 Å². The summed E-state index contributed by atoms with van der Waals surface area (Å²) < 4.78 is 0. The fourth-order valence-corrected chi connectivity index (χ4v) is 2.74. The summed E-state index contributed by atoms with van der Waals surface area (Å²) in [4.78, 5) is 27.5. The number of amides is 2. The Morgan fingerprint density at radius 2 is 1.93 bits per heavy atom. The molecular weight excluding hydrogens is 196 g/mol. The lowest BCUT2D eigenvalue weighted by Crippen LogP contribution is -2.42. The first-order valence-electron chi connectivity index (χ1n) is 4.95. The van der Waals surface area contributed by atoms with Crippen molar-refractivity contribution in [3.05, 3.63) is 12.2 Å². The molecule has 2 rings (SSSR count). The van der Waals surface area contributed by atoms with E-state index < -0.39 is 5.91 Å². The summed E-state index contributed by atoms with van der Waals surface area (Å²) in [7, 11) is 1.38. The zero-order valence-corrected chi connectivity index (χ0v) is 8.47. The molecule has 4 atom stereocenters. The van der Waals surface area contributed by atoms with Crippen molar-refractivity contribution < 1.29 is 14.4 Å². The standard InChI is InChI=1S/C10H14N2O3/c1-15-12-10(14)8-6-3-2-5(4-6)7(8)9(11)13/h2-3,5-8H,4H2,1H3,(H2,11,13)(H,12,14). The maximum absolute atomic E-state index is 11.7. The lowest BCUT2D eigenvalue weighted by molar-refractivity contribution is -0.141. The topological polar surface area (TPSA) is 81.4 Å². The highest BCUT2D eigenvalue weighted by atomic mass is 16.6. The van der Waals surface area contributed by atoms with Crippen LogP contribution in [0, 0.1) is 23.7 Å². The Labute approximate surface area is 87.6 Å². The number of nitrogens with two attached hydrogens (primary N) is 1. The van der Waals surface area contributed by atoms with E-state index in [0.717, 1.165) is 6.42 Å². The summed E-state index contributed by atoms with van der Waals surface area (Å²) in [6, 6.07) is 0. The van der Waals surface area contributed by atoms with E-state index in [2.05, 4.69) is 10.3 Å². The molecule has 1 saturated carbocycles. The van der Waals surface area contributed by atoms with Crippen molar-refractivity contribution in [3.8, 4) is 0 Å². The minimum absolute atomic E-state index is 0.125. The van der Waals surface area contributed by atoms with Gasteiger partial charge in [-0.15, -0.1) is 0 Å². The molecule has 2 aliphatic carbocycles. The normalized spacial score (nSPS) is 36.9. The largest absolute Gasteiger partial charge is 0.369 e. The number of carbonyl (C=O) groups excluding carboxylic acids is 2. The van der Waals surface area contributed by atoms with E-state index in [4.69, 9.17) is 5.73 Å². The molecule has 3 N–H and O–H groups in total. The number of hydrogen-bond donors (Lipinski definition) is 2. The van der Waals surface area contributed by atoms with Gasteiger partial charge in [-0.25, -0.2) is 5.48 Å². The molecule has 0 aliphatic heterocycles. The van der Waals surface area contributed by atoms with E-state index in [1.165, 1.54) is 7.11 Å². The zero-order chi connectivity index (χ0) is 11.0. The molecule has 2 bridgehead atoms. The van der Waals surface area contributed by atoms with E-state index >= 15 is 0 Å². The Balaban J connectivity index is 2.19. The van der Waals surface area contributed by atoms with Crippen molar-refractivity contribution in [2.24, 2.45) is 29.4 Å². The van der Waals surface area contributed by atoms with Gasteiger partial charge in [0.2, 0.25) is 11.8 Å². The fraction of sp³-hybridized carbons (Fsp3) is 0.600. The summed E-state index contributed by atoms with van der Waals surface area (Å²) >= 11 is 0. The molecule has 2 amide bonds. The van der Waals surface area contributed by atoms with Gasteiger partial charge >= 0.3 is 0 Å². The monoisotopic (exact) mass is 210 g/mol. The number of hydroxylamine groups is 1. The summed E-state index contributed by atoms with van der Waals surface area (Å²) in [6.45, 7) is 0. The minimum atomic E-state index is -0.400. The van der Waals surface area contributed by atoms with Crippen LogP contribution in [0.4, 0.5) is 0 Å². The molecule has 5 nitrogen and oxygen atoms in total. The molecule has 0 aromatic carbocycles. The summed E-state index contributed by atoms with van der Waals surface area (Å²) in [6.07, 6.45) is 4.82. The van der Waals surface area contributed by atoms with Crippen LogP contribution in [-0.4, -0.2) is 18.9 Å². The van der Waals surface area contributed by atoms with Gasteiger partial charge in [0.25, 0.3) is 0 Å². The first-order valence-corrected chi connectivity index (χ1v) is 4.95. The molecule has 0 saturated heterocycles. The molecule has 1 fully saturated rings. The second-order valence-electron chi connectivity index (χ2n) is 4.07. The molecular formula is C10H14N2O3. The Morgan fingerprint density at radius 3 is 2.47 bits per heavy atom. The maximum Gasteiger partial charge on any atom is 0.248 e. The summed E-state index contributed by atoms with van der Waals surface area (Å²) in [5.74, 6) is -1.14. The Hall–Kier alpha value is -1.36. The van der Waals surface area contributed by atoms with Crippen molar-refractivity contribution in [1.82, 2.24) is 5.48 Å². The van der Waals surface area contributed by atoms with E-state index in [1.807, 2.05) is 12.2 Å². The first-order chi connectivity index (χ1) is 7.15. The van der Waals surface area contributed by atoms with Gasteiger partial charge in [0, 0.05) is 0 Å². The van der Waals surface area contributed by atoms with Crippen LogP contribution in [0.5, 0.6) is 0 Å². The number of primary amides is 1. The van der Waals surface area contributed by atoms with Gasteiger partial charge in [0.1, 0.15) is 0 Å². The second kappa shape index (κ2) is 3.66. The Bertz CT molecular complexity index is 327. The number of hydrogen-bond acceptors (Lipinski definition) is 3.